The van der Waals surface area contributed by atoms with Crippen LogP contribution in [0.1, 0.15) is 38.6 Å². The van der Waals surface area contributed by atoms with E-state index in [1.807, 2.05) is 12.1 Å². The van der Waals surface area contributed by atoms with Crippen LogP contribution in [-0.2, 0) is 35.5 Å². The molecule has 2 aromatic heterocycles. The van der Waals surface area contributed by atoms with Crippen molar-refractivity contribution in [3.63, 3.8) is 0 Å². The van der Waals surface area contributed by atoms with E-state index >= 15 is 0 Å². The molecular weight excluding hydrogens is 352 g/mol. The Bertz CT molecular complexity index is 1020. The fraction of sp³-hybridized carbons (Fsp3) is 0.316. The minimum Gasteiger partial charge on any atom is -0.454 e. The fourth-order valence-electron chi connectivity index (χ4n) is 3.24. The van der Waals surface area contributed by atoms with Gasteiger partial charge in [0.1, 0.15) is 17.3 Å². The quantitative estimate of drug-likeness (QED) is 0.698. The van der Waals surface area contributed by atoms with E-state index in [-0.39, 0.29) is 12.2 Å². The number of ether oxygens (including phenoxy) is 2. The maximum Gasteiger partial charge on any atom is 0.338 e. The summed E-state index contributed by atoms with van der Waals surface area (Å²) in [5.41, 5.74) is 2.41. The van der Waals surface area contributed by atoms with Crippen LogP contribution in [0.25, 0.3) is 10.2 Å². The van der Waals surface area contributed by atoms with E-state index < -0.39 is 5.97 Å². The van der Waals surface area contributed by atoms with Gasteiger partial charge in [0.15, 0.2) is 0 Å². The van der Waals surface area contributed by atoms with Crippen molar-refractivity contribution in [1.29, 1.82) is 0 Å². The van der Waals surface area contributed by atoms with E-state index in [1.165, 1.54) is 4.88 Å². The minimum absolute atomic E-state index is 0.0631. The van der Waals surface area contributed by atoms with Crippen LogP contribution in [0.2, 0.25) is 0 Å². The number of aromatic nitrogens is 2. The first-order valence-corrected chi connectivity index (χ1v) is 9.26. The number of carbonyl (C=O) groups excluding carboxylic acids is 1. The summed E-state index contributed by atoms with van der Waals surface area (Å²) >= 11 is 1.57. The highest BCUT2D eigenvalue weighted by atomic mass is 32.1. The summed E-state index contributed by atoms with van der Waals surface area (Å²) in [7, 11) is 1.62. The van der Waals surface area contributed by atoms with Gasteiger partial charge >= 0.3 is 5.97 Å². The predicted octanol–water partition coefficient (Wildman–Crippen LogP) is 2.98. The molecule has 0 bridgehead atoms. The first kappa shape index (κ1) is 16.9. The van der Waals surface area contributed by atoms with E-state index in [9.17, 15) is 9.59 Å². The largest absolute Gasteiger partial charge is 0.454 e. The number of nitrogens with one attached hydrogen (secondary N) is 1. The Morgan fingerprint density at radius 1 is 1.23 bits per heavy atom. The van der Waals surface area contributed by atoms with Gasteiger partial charge in [0.25, 0.3) is 5.56 Å². The van der Waals surface area contributed by atoms with Gasteiger partial charge in [-0.1, -0.05) is 12.1 Å². The summed E-state index contributed by atoms with van der Waals surface area (Å²) in [4.78, 5) is 33.8. The van der Waals surface area contributed by atoms with Gasteiger partial charge in [-0.15, -0.1) is 11.3 Å². The molecular formula is C19H18N2O4S. The van der Waals surface area contributed by atoms with Crippen molar-refractivity contribution in [2.75, 3.05) is 7.11 Å². The summed E-state index contributed by atoms with van der Waals surface area (Å²) in [5.74, 6) is -0.0860. The molecule has 0 saturated carbocycles. The van der Waals surface area contributed by atoms with Crippen LogP contribution < -0.4 is 5.56 Å². The summed E-state index contributed by atoms with van der Waals surface area (Å²) in [6, 6.07) is 7.03. The molecule has 1 aliphatic carbocycles. The predicted molar refractivity (Wildman–Crippen MR) is 98.5 cm³/mol. The maximum absolute atomic E-state index is 12.4. The topological polar surface area (TPSA) is 81.3 Å². The van der Waals surface area contributed by atoms with Crippen LogP contribution in [0, 0.1) is 0 Å². The highest BCUT2D eigenvalue weighted by Crippen LogP contribution is 2.34. The molecule has 1 aromatic carbocycles. The Morgan fingerprint density at radius 3 is 2.81 bits per heavy atom. The summed E-state index contributed by atoms with van der Waals surface area (Å²) in [6.07, 6.45) is 3.05. The lowest BCUT2D eigenvalue weighted by molar-refractivity contribution is 0.0462. The molecule has 0 radical (unpaired) electrons. The highest BCUT2D eigenvalue weighted by molar-refractivity contribution is 7.18. The van der Waals surface area contributed by atoms with Gasteiger partial charge in [0.05, 0.1) is 17.6 Å². The number of esters is 1. The van der Waals surface area contributed by atoms with E-state index in [2.05, 4.69) is 9.97 Å². The minimum atomic E-state index is -0.453. The van der Waals surface area contributed by atoms with Crippen molar-refractivity contribution in [2.45, 2.75) is 32.5 Å². The fourth-order valence-corrected chi connectivity index (χ4v) is 4.52. The van der Waals surface area contributed by atoms with Gasteiger partial charge in [0, 0.05) is 12.0 Å². The van der Waals surface area contributed by atoms with Crippen molar-refractivity contribution < 1.29 is 14.3 Å². The number of carbonyl (C=O) groups is 1. The Hall–Kier alpha value is -2.51. The molecule has 0 atom stereocenters. The number of H-pyrrole nitrogens is 1. The van der Waals surface area contributed by atoms with Crippen LogP contribution >= 0.6 is 11.3 Å². The lowest BCUT2D eigenvalue weighted by atomic mass is 10.1. The average Bonchev–Trinajstić information content (AvgIpc) is 3.21. The number of nitrogens with zero attached hydrogens (tertiary/aromatic N) is 1. The van der Waals surface area contributed by atoms with Gasteiger partial charge < -0.3 is 14.5 Å². The molecule has 0 saturated heterocycles. The maximum atomic E-state index is 12.4. The van der Waals surface area contributed by atoms with Gasteiger partial charge in [0.2, 0.25) is 0 Å². The SMILES string of the molecule is COCc1ccc(C(=O)OCc2nc3sc4c(c3c(=O)[nH]2)CCC4)cc1. The van der Waals surface area contributed by atoms with Crippen LogP contribution in [0.3, 0.4) is 0 Å². The molecule has 0 unspecified atom stereocenters. The molecule has 26 heavy (non-hydrogen) atoms. The molecule has 6 nitrogen and oxygen atoms in total. The van der Waals surface area contributed by atoms with Gasteiger partial charge in [-0.3, -0.25) is 4.79 Å². The number of thiophene rings is 1. The summed E-state index contributed by atoms with van der Waals surface area (Å²) in [6.45, 7) is 0.428. The number of hydrogen-bond acceptors (Lipinski definition) is 6. The molecule has 0 aliphatic heterocycles. The number of fused-ring (bicyclic) bond motifs is 3. The smallest absolute Gasteiger partial charge is 0.338 e. The zero-order valence-electron chi connectivity index (χ0n) is 14.3. The third kappa shape index (κ3) is 3.15. The van der Waals surface area contributed by atoms with Crippen LogP contribution in [0.4, 0.5) is 0 Å². The zero-order valence-corrected chi connectivity index (χ0v) is 15.1. The first-order valence-electron chi connectivity index (χ1n) is 8.44. The molecule has 0 spiro atoms. The van der Waals surface area contributed by atoms with E-state index in [0.717, 1.165) is 35.2 Å². The Labute approximate surface area is 153 Å². The monoisotopic (exact) mass is 370 g/mol. The van der Waals surface area contributed by atoms with Crippen molar-refractivity contribution in [3.05, 3.63) is 62.0 Å². The highest BCUT2D eigenvalue weighted by Gasteiger charge is 2.21. The summed E-state index contributed by atoms with van der Waals surface area (Å²) < 4.78 is 10.3. The molecule has 1 aliphatic rings. The molecule has 0 amide bonds. The van der Waals surface area contributed by atoms with Crippen molar-refractivity contribution in [3.8, 4) is 0 Å². The summed E-state index contributed by atoms with van der Waals surface area (Å²) in [5, 5.41) is 0.700. The standard InChI is InChI=1S/C19H18N2O4S/c1-24-9-11-5-7-12(8-6-11)19(23)25-10-15-20-17(22)16-13-3-2-4-14(13)26-18(16)21-15/h5-8H,2-4,9-10H2,1H3,(H,20,21,22). The van der Waals surface area contributed by atoms with Crippen molar-refractivity contribution in [1.82, 2.24) is 9.97 Å². The third-order valence-corrected chi connectivity index (χ3v) is 5.65. The zero-order chi connectivity index (χ0) is 18.1. The van der Waals surface area contributed by atoms with Crippen molar-refractivity contribution >= 4 is 27.5 Å². The molecule has 3 aromatic rings. The number of hydrogen-bond donors (Lipinski definition) is 1. The average molecular weight is 370 g/mol. The van der Waals surface area contributed by atoms with Crippen LogP contribution in [0.15, 0.2) is 29.1 Å². The number of aromatic amines is 1. The Kier molecular flexibility index (Phi) is 4.57. The van der Waals surface area contributed by atoms with Gasteiger partial charge in [-0.05, 0) is 42.5 Å². The van der Waals surface area contributed by atoms with Gasteiger partial charge in [-0.2, -0.15) is 0 Å². The second-order valence-corrected chi connectivity index (χ2v) is 7.34. The van der Waals surface area contributed by atoms with Crippen LogP contribution in [-0.4, -0.2) is 23.0 Å². The Balaban J connectivity index is 1.49. The van der Waals surface area contributed by atoms with E-state index in [4.69, 9.17) is 9.47 Å². The number of methoxy groups -OCH3 is 1. The normalized spacial score (nSPS) is 13.1. The van der Waals surface area contributed by atoms with E-state index in [1.54, 1.807) is 30.6 Å². The second kappa shape index (κ2) is 7.01. The molecule has 134 valence electrons. The number of benzene rings is 1. The van der Waals surface area contributed by atoms with Crippen LogP contribution in [0.5, 0.6) is 0 Å². The first-order chi connectivity index (χ1) is 12.7. The molecule has 2 heterocycles. The number of rotatable bonds is 5. The molecule has 0 fully saturated rings. The van der Waals surface area contributed by atoms with Gasteiger partial charge in [-0.25, -0.2) is 9.78 Å². The lowest BCUT2D eigenvalue weighted by Crippen LogP contribution is -2.14. The van der Waals surface area contributed by atoms with E-state index in [0.29, 0.717) is 23.4 Å². The molecule has 4 rings (SSSR count). The second-order valence-electron chi connectivity index (χ2n) is 6.26. The van der Waals surface area contributed by atoms with Crippen molar-refractivity contribution in [2.24, 2.45) is 0 Å². The molecule has 7 heteroatoms. The number of aryl methyl sites for hydroxylation is 2. The molecule has 1 N–H and O–H groups in total. The lowest BCUT2D eigenvalue weighted by Gasteiger charge is -2.06. The third-order valence-electron chi connectivity index (χ3n) is 4.46. The Morgan fingerprint density at radius 2 is 2.04 bits per heavy atom.